The summed E-state index contributed by atoms with van der Waals surface area (Å²) >= 11 is 0. The van der Waals surface area contributed by atoms with Crippen LogP contribution in [-0.2, 0) is 86.2 Å². The van der Waals surface area contributed by atoms with E-state index >= 15 is 0 Å². The van der Waals surface area contributed by atoms with E-state index in [9.17, 15) is 76.7 Å². The number of esters is 2. The molecule has 5 N–H and O–H groups in total. The van der Waals surface area contributed by atoms with Crippen LogP contribution in [0, 0.1) is 116 Å². The van der Waals surface area contributed by atoms with E-state index in [1.54, 1.807) is 76.2 Å². The summed E-state index contributed by atoms with van der Waals surface area (Å²) in [6, 6.07) is 0. The topological polar surface area (TPSA) is 384 Å². The van der Waals surface area contributed by atoms with Gasteiger partial charge in [-0.3, -0.25) is 76.7 Å². The third-order valence-corrected chi connectivity index (χ3v) is 20.5. The van der Waals surface area contributed by atoms with E-state index in [-0.39, 0.29) is 159 Å². The van der Waals surface area contributed by atoms with Gasteiger partial charge in [-0.15, -0.1) is 0 Å². The Morgan fingerprint density at radius 1 is 0.331 bits per heavy atom. The van der Waals surface area contributed by atoms with Crippen LogP contribution in [0.2, 0.25) is 0 Å². The van der Waals surface area contributed by atoms with Gasteiger partial charge in [0, 0.05) is 132 Å². The van der Waals surface area contributed by atoms with Gasteiger partial charge < -0.3 is 45.2 Å². The first-order valence-corrected chi connectivity index (χ1v) is 52.5. The van der Waals surface area contributed by atoms with E-state index in [4.69, 9.17) is 26.6 Å². The van der Waals surface area contributed by atoms with Crippen LogP contribution in [0.3, 0.4) is 0 Å². The molecular weight excluding hydrogens is 1830 g/mol. The highest BCUT2D eigenvalue weighted by molar-refractivity contribution is 5.91. The highest BCUT2D eigenvalue weighted by Crippen LogP contribution is 2.37. The Labute approximate surface area is 891 Å². The summed E-state index contributed by atoms with van der Waals surface area (Å²) in [7, 11) is 1.40. The van der Waals surface area contributed by atoms with Gasteiger partial charge in [0.15, 0.2) is 17.3 Å². The minimum Gasteiger partial charge on any atom is -0.469 e. The molecule has 860 valence electrons. The average Bonchev–Trinajstić information content (AvgIpc) is 1.76. The third kappa shape index (κ3) is 101. The van der Waals surface area contributed by atoms with Gasteiger partial charge in [-0.1, -0.05) is 352 Å². The lowest BCUT2D eigenvalue weighted by Crippen LogP contribution is -2.37. The van der Waals surface area contributed by atoms with Crippen molar-refractivity contribution in [3.8, 4) is 0 Å². The molecule has 1 aliphatic heterocycles. The number of hydrogen-bond acceptors (Lipinski definition) is 21. The number of Topliss-reactive ketones (excluding diaryl/α,β-unsaturated/α-hetero) is 11. The number of carbonyl (C=O) groups is 16. The van der Waals surface area contributed by atoms with Gasteiger partial charge in [0.25, 0.3) is 6.54 Å². The highest BCUT2D eigenvalue weighted by atomic mass is 16.6. The van der Waals surface area contributed by atoms with Crippen LogP contribution in [0.15, 0.2) is 0 Å². The van der Waals surface area contributed by atoms with Crippen LogP contribution in [0.1, 0.15) is 500 Å². The second-order valence-corrected chi connectivity index (χ2v) is 56.4. The lowest BCUT2D eigenvalue weighted by molar-refractivity contribution is -0.164. The molecule has 145 heavy (non-hydrogen) atoms. The molecule has 3 rings (SSSR count). The summed E-state index contributed by atoms with van der Waals surface area (Å²) in [5.74, 6) is 3.26. The summed E-state index contributed by atoms with van der Waals surface area (Å²) in [6.07, 6.45) is 9.74. The minimum absolute atomic E-state index is 0.0116. The Kier molecular flexibility index (Phi) is 82.1. The molecule has 0 aromatic carbocycles. The van der Waals surface area contributed by atoms with Crippen molar-refractivity contribution < 1.29 is 102 Å². The molecule has 3 aliphatic rings. The van der Waals surface area contributed by atoms with Gasteiger partial charge in [-0.25, -0.2) is 6.57 Å². The molecule has 3 amide bonds. The second-order valence-electron chi connectivity index (χ2n) is 56.4. The number of likely N-dealkylation sites (tertiary alicyclic amines) is 1. The van der Waals surface area contributed by atoms with Gasteiger partial charge >= 0.3 is 11.9 Å². The van der Waals surface area contributed by atoms with Gasteiger partial charge in [0.2, 0.25) is 23.5 Å². The molecular formula is C120H234N4O21. The van der Waals surface area contributed by atoms with Crippen molar-refractivity contribution in [2.24, 2.45) is 110 Å². The first-order chi connectivity index (χ1) is 63.2. The summed E-state index contributed by atoms with van der Waals surface area (Å²) < 4.78 is 9.64. The number of ether oxygens (including phenoxy) is 2. The maximum absolute atomic E-state index is 11.8. The van der Waals surface area contributed by atoms with Crippen molar-refractivity contribution >= 4 is 93.3 Å². The van der Waals surface area contributed by atoms with E-state index in [0.717, 1.165) is 51.9 Å². The van der Waals surface area contributed by atoms with E-state index in [0.29, 0.717) is 53.1 Å². The molecule has 25 heteroatoms. The number of nitrogens with one attached hydrogen (secondary N) is 2. The molecule has 2 aliphatic carbocycles. The summed E-state index contributed by atoms with van der Waals surface area (Å²) in [5, 5.41) is 31.4. The van der Waals surface area contributed by atoms with Crippen molar-refractivity contribution in [3.63, 3.8) is 0 Å². The Morgan fingerprint density at radius 2 is 0.593 bits per heavy atom. The Hall–Kier alpha value is -6.91. The van der Waals surface area contributed by atoms with Crippen LogP contribution in [-0.4, -0.2) is 178 Å². The molecule has 0 radical (unpaired) electrons. The molecule has 0 aromatic heterocycles. The number of carbonyl (C=O) groups excluding carboxylic acids is 16. The Bertz CT molecular complexity index is 3550. The molecule has 1 heterocycles. The number of hydrogen-bond donors (Lipinski definition) is 5. The fraction of sp³-hybridized carbons (Fsp3) is 0.858. The summed E-state index contributed by atoms with van der Waals surface area (Å²) in [5.41, 5.74) is -4.51. The number of aliphatic hydroxyl groups excluding tert-OH is 3. The largest absolute Gasteiger partial charge is 0.469 e. The number of nitrogens with zero attached hydrogens (tertiary/aromatic N) is 2. The molecule has 0 aromatic rings. The van der Waals surface area contributed by atoms with Gasteiger partial charge in [-0.05, 0) is 142 Å². The average molecular weight is 2070 g/mol. The minimum atomic E-state index is -0.829. The second kappa shape index (κ2) is 71.8. The predicted octanol–water partition coefficient (Wildman–Crippen LogP) is 27.0. The fourth-order valence-electron chi connectivity index (χ4n) is 10.2. The van der Waals surface area contributed by atoms with E-state index in [1.165, 1.54) is 53.1 Å². The van der Waals surface area contributed by atoms with Gasteiger partial charge in [-0.2, -0.15) is 0 Å². The van der Waals surface area contributed by atoms with E-state index in [1.807, 2.05) is 351 Å². The maximum atomic E-state index is 11.8. The lowest BCUT2D eigenvalue weighted by Gasteiger charge is -2.27. The smallest absolute Gasteiger partial charge is 0.311 e. The standard InChI is InChI=1S/C11H20O.C9H17NO.C9H18O2.C9H18O.C8H14O.C8H16O.C7H11NO.2C7H15NO.2C7H14O2.C7H14O.2C6H12O2.2C6H12O/c1-11(2,3)10(12)9-7-5-4-6-8-9;1-9(2,3)8(11)10-6-4-5-7-10;1-8(2,3)7(10)11-9(4,5)6;1-8(2,3)7(10)9(4,5)6;1-8(2,3)7(9)6-4-5-6;1-6(2)7(9)8(3,4)5;1-7(2,3)6(9)5-8-4;2*1-5-8-6(9)7(2,3)4;2*1-5(8)6(9)7(2,3)4;1-5-6(8)7(2,3)4;1-6(2,3)5(7)8-4;1-6(2,3)5(8)4-7;2*1-5(7)6(2,3)4/h9H,4-8H2,1-3H3;4-7H2,1-3H3;1-6H3;1-6H3;6H,4-5H2,1-3H3;6H,1-5H3;5H2,1-3H3;2*5H2,1-4H3,(H,8,9);2*5,8H,1-4H3;5H2,1-4H3;1-4H3;7H,4H2,1-3H3;2*1-4H3/t;;;;;;;;;2*5-;;;;;/m.........10...../s1. The lowest BCUT2D eigenvalue weighted by atomic mass is 9.76. The molecule has 0 unspecified atom stereocenters. The van der Waals surface area contributed by atoms with E-state index in [2.05, 4.69) is 20.2 Å². The normalized spacial score (nSPS) is 14.0. The van der Waals surface area contributed by atoms with Crippen molar-refractivity contribution in [3.05, 3.63) is 11.4 Å². The van der Waals surface area contributed by atoms with Crippen molar-refractivity contribution in [1.29, 1.82) is 0 Å². The molecule has 2 saturated carbocycles. The zero-order valence-electron chi connectivity index (χ0n) is 106. The maximum Gasteiger partial charge on any atom is 0.311 e. The number of methoxy groups -OCH3 is 1. The number of amides is 3. The van der Waals surface area contributed by atoms with Crippen LogP contribution >= 0.6 is 0 Å². The first kappa shape index (κ1) is 166. The quantitative estimate of drug-likeness (QED) is 0.100. The molecule has 0 bridgehead atoms. The third-order valence-electron chi connectivity index (χ3n) is 20.5. The van der Waals surface area contributed by atoms with Gasteiger partial charge in [0.1, 0.15) is 64.9 Å². The Balaban J connectivity index is -0.000000117. The monoisotopic (exact) mass is 2070 g/mol. The van der Waals surface area contributed by atoms with Gasteiger partial charge in [0.05, 0.1) is 17.9 Å². The first-order valence-electron chi connectivity index (χ1n) is 52.5. The summed E-state index contributed by atoms with van der Waals surface area (Å²) in [4.78, 5) is 181. The zero-order chi connectivity index (χ0) is 121. The SMILES string of the molecule is CC(=O)C(C)(C)C.CC(=O)C(C)(C)C.CC(C)(C)C(=O)C(C)(C)C.CC(C)(C)C(=O)C1CC1.CC(C)(C)C(=O)C1CCCCC1.CC(C)(C)C(=O)CO.CC(C)(C)C(=O)N1CCCC1.CC(C)(C)OC(=O)C(C)(C)C.CC(C)C(=O)C(C)(C)C.CCC(=O)C(C)(C)C.CCNC(=O)C(C)(C)C.CCNC(=O)C(C)(C)C.COC(=O)C(C)(C)C.C[C@@H](O)C(=O)C(C)(C)C.C[C@H](O)C(=O)C(C)(C)C.[C-]#[N+]CC(=O)C(C)(C)C. The zero-order valence-corrected chi connectivity index (χ0v) is 106. The van der Waals surface area contributed by atoms with E-state index < -0.39 is 28.5 Å². The number of ketones is 11. The van der Waals surface area contributed by atoms with Crippen molar-refractivity contribution in [2.45, 2.75) is 518 Å². The molecule has 0 spiro atoms. The molecule has 25 nitrogen and oxygen atoms in total. The number of rotatable bonds is 10. The van der Waals surface area contributed by atoms with Crippen LogP contribution in [0.5, 0.6) is 0 Å². The Morgan fingerprint density at radius 3 is 0.676 bits per heavy atom. The van der Waals surface area contributed by atoms with Crippen LogP contribution < -0.4 is 10.6 Å². The molecule has 1 saturated heterocycles. The predicted molar refractivity (Wildman–Crippen MR) is 605 cm³/mol. The summed E-state index contributed by atoms with van der Waals surface area (Å²) in [6.45, 7) is 128. The van der Waals surface area contributed by atoms with Crippen molar-refractivity contribution in [2.75, 3.05) is 46.4 Å². The van der Waals surface area contributed by atoms with Crippen LogP contribution in [0.25, 0.3) is 4.85 Å². The number of aliphatic hydroxyl groups is 3. The molecule has 3 fully saturated rings. The van der Waals surface area contributed by atoms with Crippen LogP contribution in [0.4, 0.5) is 0 Å². The highest BCUT2D eigenvalue weighted by Gasteiger charge is 2.38. The van der Waals surface area contributed by atoms with Crippen molar-refractivity contribution in [1.82, 2.24) is 15.5 Å². The fourth-order valence-corrected chi connectivity index (χ4v) is 10.2. The molecule has 2 atom stereocenters.